The molecule has 0 radical (unpaired) electrons. The number of aromatic nitrogens is 1. The Morgan fingerprint density at radius 2 is 2.06 bits per heavy atom. The average molecular weight is 471 g/mol. The molecule has 32 heavy (non-hydrogen) atoms. The van der Waals surface area contributed by atoms with Crippen LogP contribution in [-0.2, 0) is 4.79 Å². The summed E-state index contributed by atoms with van der Waals surface area (Å²) < 4.78 is 1.43. The predicted octanol–water partition coefficient (Wildman–Crippen LogP) is 4.01. The van der Waals surface area contributed by atoms with Gasteiger partial charge in [0.1, 0.15) is 5.56 Å². The van der Waals surface area contributed by atoms with Gasteiger partial charge in [0.15, 0.2) is 4.34 Å². The highest BCUT2D eigenvalue weighted by Gasteiger charge is 2.41. The van der Waals surface area contributed by atoms with Gasteiger partial charge >= 0.3 is 0 Å². The van der Waals surface area contributed by atoms with Crippen molar-refractivity contribution in [2.45, 2.75) is 24.1 Å². The molecule has 0 unspecified atom stereocenters. The molecule has 0 aliphatic carbocycles. The van der Waals surface area contributed by atoms with Crippen LogP contribution in [0.25, 0.3) is 10.2 Å². The fraction of sp³-hybridized carbons (Fsp3) is 0.238. The minimum atomic E-state index is -0.723. The lowest BCUT2D eigenvalue weighted by molar-refractivity contribution is -0.385. The van der Waals surface area contributed by atoms with Crippen molar-refractivity contribution in [1.29, 1.82) is 0 Å². The molecule has 3 amide bonds. The molecule has 9 nitrogen and oxygen atoms in total. The predicted molar refractivity (Wildman–Crippen MR) is 122 cm³/mol. The summed E-state index contributed by atoms with van der Waals surface area (Å²) in [5, 5.41) is 14.2. The zero-order valence-electron chi connectivity index (χ0n) is 17.0. The van der Waals surface area contributed by atoms with Gasteiger partial charge in [0.25, 0.3) is 17.5 Å². The second-order valence-electron chi connectivity index (χ2n) is 7.03. The molecule has 0 saturated heterocycles. The van der Waals surface area contributed by atoms with Crippen LogP contribution in [0.2, 0.25) is 0 Å². The topological polar surface area (TPSA) is 123 Å². The van der Waals surface area contributed by atoms with Gasteiger partial charge in [-0.25, -0.2) is 9.88 Å². The third-order valence-electron chi connectivity index (χ3n) is 4.88. The first-order valence-electron chi connectivity index (χ1n) is 9.87. The lowest BCUT2D eigenvalue weighted by Crippen LogP contribution is -2.29. The van der Waals surface area contributed by atoms with E-state index in [4.69, 9.17) is 0 Å². The number of nitrogens with zero attached hydrogens (tertiary/aromatic N) is 3. The molecule has 0 bridgehead atoms. The molecule has 2 aromatic carbocycles. The molecule has 1 aliphatic heterocycles. The number of imide groups is 1. The van der Waals surface area contributed by atoms with Gasteiger partial charge in [-0.3, -0.25) is 24.5 Å². The molecular formula is C21H18N4O5S2. The van der Waals surface area contributed by atoms with Crippen LogP contribution in [-0.4, -0.2) is 39.9 Å². The first kappa shape index (κ1) is 21.9. The number of rotatable bonds is 8. The summed E-state index contributed by atoms with van der Waals surface area (Å²) in [6.07, 6.45) is 1.94. The lowest BCUT2D eigenvalue weighted by atomic mass is 10.1. The molecule has 164 valence electrons. The Hall–Kier alpha value is -3.31. The molecule has 1 aliphatic rings. The molecule has 0 saturated carbocycles. The summed E-state index contributed by atoms with van der Waals surface area (Å²) in [7, 11) is 0. The van der Waals surface area contributed by atoms with Crippen LogP contribution < -0.4 is 10.2 Å². The summed E-state index contributed by atoms with van der Waals surface area (Å²) in [6.45, 7) is 2.71. The van der Waals surface area contributed by atoms with Crippen LogP contribution in [0.1, 0.15) is 40.5 Å². The Balaban J connectivity index is 1.55. The van der Waals surface area contributed by atoms with Crippen molar-refractivity contribution in [1.82, 2.24) is 10.3 Å². The minimum Gasteiger partial charge on any atom is -0.355 e. The van der Waals surface area contributed by atoms with Crippen LogP contribution in [0.15, 0.2) is 40.7 Å². The summed E-state index contributed by atoms with van der Waals surface area (Å²) in [5.74, 6) is -1.13. The number of fused-ring (bicyclic) bond motifs is 2. The molecule has 1 aromatic heterocycles. The Bertz CT molecular complexity index is 1260. The van der Waals surface area contributed by atoms with Crippen LogP contribution in [0, 0.1) is 10.1 Å². The fourth-order valence-electron chi connectivity index (χ4n) is 3.33. The Kier molecular flexibility index (Phi) is 6.19. The minimum absolute atomic E-state index is 0.0129. The number of hydrogen-bond acceptors (Lipinski definition) is 8. The number of thiazole rings is 1. The number of thioether (sulfide) groups is 1. The summed E-state index contributed by atoms with van der Waals surface area (Å²) in [6, 6.07) is 8.94. The number of carbonyl (C=O) groups excluding carboxylic acids is 3. The first-order valence-corrected chi connectivity index (χ1v) is 11.7. The molecule has 0 atom stereocenters. The first-order chi connectivity index (χ1) is 15.4. The van der Waals surface area contributed by atoms with Crippen molar-refractivity contribution < 1.29 is 19.3 Å². The number of amides is 3. The van der Waals surface area contributed by atoms with E-state index in [0.29, 0.717) is 22.1 Å². The molecule has 1 N–H and O–H groups in total. The number of nitro groups is 1. The molecule has 0 spiro atoms. The number of benzene rings is 2. The highest BCUT2D eigenvalue weighted by Crippen LogP contribution is 2.37. The highest BCUT2D eigenvalue weighted by atomic mass is 32.2. The number of anilines is 1. The molecular weight excluding hydrogens is 452 g/mol. The van der Waals surface area contributed by atoms with Crippen molar-refractivity contribution in [3.63, 3.8) is 0 Å². The third kappa shape index (κ3) is 4.08. The fourth-order valence-corrected chi connectivity index (χ4v) is 5.26. The smallest absolute Gasteiger partial charge is 0.283 e. The van der Waals surface area contributed by atoms with Crippen molar-refractivity contribution in [2.24, 2.45) is 0 Å². The summed E-state index contributed by atoms with van der Waals surface area (Å²) >= 11 is 2.67. The Morgan fingerprint density at radius 1 is 1.25 bits per heavy atom. The van der Waals surface area contributed by atoms with Crippen LogP contribution in [0.5, 0.6) is 0 Å². The normalized spacial score (nSPS) is 13.0. The van der Waals surface area contributed by atoms with Crippen molar-refractivity contribution in [2.75, 3.05) is 17.2 Å². The van der Waals surface area contributed by atoms with E-state index < -0.39 is 22.4 Å². The zero-order chi connectivity index (χ0) is 22.8. The third-order valence-corrected chi connectivity index (χ3v) is 7.04. The van der Waals surface area contributed by atoms with Crippen LogP contribution in [0.4, 0.5) is 11.4 Å². The van der Waals surface area contributed by atoms with E-state index in [1.54, 1.807) is 18.2 Å². The molecule has 11 heteroatoms. The lowest BCUT2D eigenvalue weighted by Gasteiger charge is -2.13. The van der Waals surface area contributed by atoms with Crippen molar-refractivity contribution >= 4 is 62.4 Å². The summed E-state index contributed by atoms with van der Waals surface area (Å²) in [4.78, 5) is 53.7. The van der Waals surface area contributed by atoms with Gasteiger partial charge in [-0.15, -0.1) is 11.3 Å². The van der Waals surface area contributed by atoms with E-state index in [-0.39, 0.29) is 22.8 Å². The number of carbonyl (C=O) groups is 3. The largest absolute Gasteiger partial charge is 0.355 e. The van der Waals surface area contributed by atoms with E-state index in [1.807, 2.05) is 0 Å². The van der Waals surface area contributed by atoms with Gasteiger partial charge in [-0.2, -0.15) is 0 Å². The average Bonchev–Trinajstić information content (AvgIpc) is 3.30. The Morgan fingerprint density at radius 3 is 2.81 bits per heavy atom. The maximum Gasteiger partial charge on any atom is 0.283 e. The van der Waals surface area contributed by atoms with E-state index in [9.17, 15) is 24.5 Å². The maximum absolute atomic E-state index is 12.9. The van der Waals surface area contributed by atoms with Gasteiger partial charge in [-0.1, -0.05) is 31.2 Å². The van der Waals surface area contributed by atoms with Crippen molar-refractivity contribution in [3.8, 4) is 0 Å². The van der Waals surface area contributed by atoms with E-state index >= 15 is 0 Å². The van der Waals surface area contributed by atoms with Gasteiger partial charge in [0.05, 0.1) is 32.1 Å². The molecule has 2 heterocycles. The zero-order valence-corrected chi connectivity index (χ0v) is 18.6. The van der Waals surface area contributed by atoms with Gasteiger partial charge in [-0.05, 0) is 30.7 Å². The number of nitro benzene ring substituents is 1. The van der Waals surface area contributed by atoms with E-state index in [1.165, 1.54) is 41.3 Å². The quantitative estimate of drug-likeness (QED) is 0.173. The molecule has 0 fully saturated rings. The number of hydrogen-bond donors (Lipinski definition) is 1. The van der Waals surface area contributed by atoms with Gasteiger partial charge < -0.3 is 5.32 Å². The summed E-state index contributed by atoms with van der Waals surface area (Å²) in [5.41, 5.74) is 0.417. The Labute approximate surface area is 191 Å². The van der Waals surface area contributed by atoms with Crippen molar-refractivity contribution in [3.05, 3.63) is 57.6 Å². The monoisotopic (exact) mass is 470 g/mol. The second kappa shape index (κ2) is 9.05. The number of nitrogens with one attached hydrogen (secondary N) is 1. The second-order valence-corrected chi connectivity index (χ2v) is 9.28. The highest BCUT2D eigenvalue weighted by molar-refractivity contribution is 8.01. The van der Waals surface area contributed by atoms with E-state index in [0.717, 1.165) is 22.4 Å². The van der Waals surface area contributed by atoms with Crippen LogP contribution >= 0.6 is 23.1 Å². The van der Waals surface area contributed by atoms with Crippen LogP contribution in [0.3, 0.4) is 0 Å². The molecule has 4 rings (SSSR count). The standard InChI is InChI=1S/C21H18N4O5S2/c1-2-3-9-22-17(26)11-31-21-23-14-8-7-12(10-16(14)32-21)24-19(27)13-5-4-6-15(25(29)30)18(13)20(24)28/h4-8,10H,2-3,9,11H2,1H3,(H,22,26). The number of unbranched alkanes of at least 4 members (excludes halogenated alkanes) is 1. The SMILES string of the molecule is CCCCNC(=O)CSc1nc2ccc(N3C(=O)c4cccc([N+](=O)[O-])c4C3=O)cc2s1. The van der Waals surface area contributed by atoms with E-state index in [2.05, 4.69) is 17.2 Å². The van der Waals surface area contributed by atoms with Gasteiger partial charge in [0, 0.05) is 12.6 Å². The molecule has 3 aromatic rings. The van der Waals surface area contributed by atoms with Gasteiger partial charge in [0.2, 0.25) is 5.91 Å². The maximum atomic E-state index is 12.9.